The molecule has 0 unspecified atom stereocenters. The molecule has 5 heteroatoms. The van der Waals surface area contributed by atoms with Gasteiger partial charge in [-0.15, -0.1) is 0 Å². The Morgan fingerprint density at radius 2 is 1.83 bits per heavy atom. The smallest absolute Gasteiger partial charge is 0.223 e. The average Bonchev–Trinajstić information content (AvgIpc) is 2.46. The molecule has 18 heavy (non-hydrogen) atoms. The third-order valence-electron chi connectivity index (χ3n) is 3.17. The maximum Gasteiger partial charge on any atom is 0.223 e. The zero-order valence-electron chi connectivity index (χ0n) is 10.4. The van der Waals surface area contributed by atoms with Crippen molar-refractivity contribution in [2.24, 2.45) is 0 Å². The molecule has 0 bridgehead atoms. The van der Waals surface area contributed by atoms with Crippen LogP contribution in [0.5, 0.6) is 0 Å². The van der Waals surface area contributed by atoms with Gasteiger partial charge in [0.15, 0.2) is 0 Å². The molecule has 1 heterocycles. The molecule has 1 aromatic rings. The molecule has 1 aromatic carbocycles. The molecule has 0 atom stereocenters. The summed E-state index contributed by atoms with van der Waals surface area (Å²) in [6.45, 7) is 0.802. The van der Waals surface area contributed by atoms with Crippen molar-refractivity contribution in [3.8, 4) is 0 Å². The molecule has 0 saturated heterocycles. The van der Waals surface area contributed by atoms with Crippen LogP contribution in [0.4, 0.5) is 0 Å². The minimum absolute atomic E-state index is 0.0287. The van der Waals surface area contributed by atoms with Crippen LogP contribution in [-0.2, 0) is 27.6 Å². The SMILES string of the molecule is CS(=O)(=O)CCN1Cc2ccccc2CCC1=O. The van der Waals surface area contributed by atoms with Crippen LogP contribution in [0.1, 0.15) is 17.5 Å². The van der Waals surface area contributed by atoms with E-state index in [1.807, 2.05) is 24.3 Å². The Kier molecular flexibility index (Phi) is 3.71. The summed E-state index contributed by atoms with van der Waals surface area (Å²) < 4.78 is 22.3. The number of fused-ring (bicyclic) bond motifs is 1. The Hall–Kier alpha value is -1.36. The highest BCUT2D eigenvalue weighted by Gasteiger charge is 2.20. The van der Waals surface area contributed by atoms with Crippen LogP contribution >= 0.6 is 0 Å². The second kappa shape index (κ2) is 5.10. The summed E-state index contributed by atoms with van der Waals surface area (Å²) in [5.41, 5.74) is 2.31. The summed E-state index contributed by atoms with van der Waals surface area (Å²) in [6.07, 6.45) is 2.40. The summed E-state index contributed by atoms with van der Waals surface area (Å²) in [6, 6.07) is 7.95. The average molecular weight is 267 g/mol. The van der Waals surface area contributed by atoms with Crippen molar-refractivity contribution in [1.82, 2.24) is 4.90 Å². The van der Waals surface area contributed by atoms with E-state index in [9.17, 15) is 13.2 Å². The fourth-order valence-electron chi connectivity index (χ4n) is 2.13. The molecule has 0 aliphatic carbocycles. The largest absolute Gasteiger partial charge is 0.337 e. The Morgan fingerprint density at radius 1 is 1.17 bits per heavy atom. The topological polar surface area (TPSA) is 54.5 Å². The number of carbonyl (C=O) groups is 1. The minimum Gasteiger partial charge on any atom is -0.337 e. The highest BCUT2D eigenvalue weighted by molar-refractivity contribution is 7.90. The van der Waals surface area contributed by atoms with E-state index in [0.717, 1.165) is 12.0 Å². The van der Waals surface area contributed by atoms with Gasteiger partial charge in [0.25, 0.3) is 0 Å². The highest BCUT2D eigenvalue weighted by Crippen LogP contribution is 2.18. The van der Waals surface area contributed by atoms with Gasteiger partial charge < -0.3 is 4.90 Å². The maximum absolute atomic E-state index is 11.9. The molecule has 0 aromatic heterocycles. The molecule has 4 nitrogen and oxygen atoms in total. The van der Waals surface area contributed by atoms with Gasteiger partial charge in [-0.05, 0) is 17.5 Å². The molecule has 1 amide bonds. The summed E-state index contributed by atoms with van der Waals surface area (Å²) in [5, 5.41) is 0. The maximum atomic E-state index is 11.9. The van der Waals surface area contributed by atoms with Crippen LogP contribution < -0.4 is 0 Å². The van der Waals surface area contributed by atoms with E-state index in [2.05, 4.69) is 0 Å². The lowest BCUT2D eigenvalue weighted by atomic mass is 10.0. The third kappa shape index (κ3) is 3.32. The highest BCUT2D eigenvalue weighted by atomic mass is 32.2. The Balaban J connectivity index is 2.14. The van der Waals surface area contributed by atoms with E-state index < -0.39 is 9.84 Å². The number of hydrogen-bond donors (Lipinski definition) is 0. The first-order valence-corrected chi connectivity index (χ1v) is 8.04. The van der Waals surface area contributed by atoms with E-state index in [-0.39, 0.29) is 18.2 Å². The van der Waals surface area contributed by atoms with Crippen LogP contribution in [-0.4, -0.2) is 37.8 Å². The second-order valence-corrected chi connectivity index (χ2v) is 6.97. The molecule has 1 aliphatic heterocycles. The lowest BCUT2D eigenvalue weighted by Gasteiger charge is -2.20. The van der Waals surface area contributed by atoms with E-state index >= 15 is 0 Å². The zero-order chi connectivity index (χ0) is 13.2. The van der Waals surface area contributed by atoms with Crippen molar-refractivity contribution in [3.63, 3.8) is 0 Å². The van der Waals surface area contributed by atoms with Gasteiger partial charge in [-0.25, -0.2) is 8.42 Å². The summed E-state index contributed by atoms with van der Waals surface area (Å²) >= 11 is 0. The van der Waals surface area contributed by atoms with E-state index in [0.29, 0.717) is 13.0 Å². The monoisotopic (exact) mass is 267 g/mol. The molecular formula is C13H17NO3S. The molecular weight excluding hydrogens is 250 g/mol. The van der Waals surface area contributed by atoms with Gasteiger partial charge in [-0.3, -0.25) is 4.79 Å². The van der Waals surface area contributed by atoms with Crippen molar-refractivity contribution >= 4 is 15.7 Å². The minimum atomic E-state index is -3.03. The van der Waals surface area contributed by atoms with Gasteiger partial charge in [-0.2, -0.15) is 0 Å². The zero-order valence-corrected chi connectivity index (χ0v) is 11.2. The number of aryl methyl sites for hydroxylation is 1. The lowest BCUT2D eigenvalue weighted by molar-refractivity contribution is -0.131. The molecule has 0 radical (unpaired) electrons. The first kappa shape index (κ1) is 13.1. The fourth-order valence-corrected chi connectivity index (χ4v) is 2.68. The molecule has 0 fully saturated rings. The summed E-state index contributed by atoms with van der Waals surface area (Å²) in [5.74, 6) is 0.0656. The standard InChI is InChI=1S/C13H17NO3S/c1-18(16,17)9-8-14-10-12-5-3-2-4-11(12)6-7-13(14)15/h2-5H,6-10H2,1H3. The first-order valence-electron chi connectivity index (χ1n) is 5.98. The molecule has 1 aliphatic rings. The van der Waals surface area contributed by atoms with Crippen molar-refractivity contribution in [3.05, 3.63) is 35.4 Å². The number of sulfone groups is 1. The van der Waals surface area contributed by atoms with E-state index in [1.54, 1.807) is 4.90 Å². The van der Waals surface area contributed by atoms with Crippen molar-refractivity contribution < 1.29 is 13.2 Å². The van der Waals surface area contributed by atoms with Crippen molar-refractivity contribution in [2.75, 3.05) is 18.6 Å². The third-order valence-corrected chi connectivity index (χ3v) is 4.10. The lowest BCUT2D eigenvalue weighted by Crippen LogP contribution is -2.33. The van der Waals surface area contributed by atoms with Crippen molar-refractivity contribution in [2.45, 2.75) is 19.4 Å². The Bertz CT molecular complexity index is 551. The number of hydrogen-bond acceptors (Lipinski definition) is 3. The normalized spacial score (nSPS) is 16.3. The second-order valence-electron chi connectivity index (χ2n) is 4.71. The van der Waals surface area contributed by atoms with Gasteiger partial charge in [0.05, 0.1) is 5.75 Å². The molecule has 0 spiro atoms. The number of rotatable bonds is 3. The van der Waals surface area contributed by atoms with Crippen LogP contribution in [0.3, 0.4) is 0 Å². The molecule has 2 rings (SSSR count). The fraction of sp³-hybridized carbons (Fsp3) is 0.462. The van der Waals surface area contributed by atoms with Crippen molar-refractivity contribution in [1.29, 1.82) is 0 Å². The van der Waals surface area contributed by atoms with Gasteiger partial charge in [0.2, 0.25) is 5.91 Å². The van der Waals surface area contributed by atoms with Crippen LogP contribution in [0.15, 0.2) is 24.3 Å². The number of carbonyl (C=O) groups excluding carboxylic acids is 1. The summed E-state index contributed by atoms with van der Waals surface area (Å²) in [7, 11) is -3.03. The predicted molar refractivity (Wildman–Crippen MR) is 69.9 cm³/mol. The molecule has 98 valence electrons. The van der Waals surface area contributed by atoms with Gasteiger partial charge in [0.1, 0.15) is 9.84 Å². The number of benzene rings is 1. The Morgan fingerprint density at radius 3 is 2.50 bits per heavy atom. The number of nitrogens with zero attached hydrogens (tertiary/aromatic N) is 1. The van der Waals surface area contributed by atoms with E-state index in [4.69, 9.17) is 0 Å². The Labute approximate surface area is 108 Å². The van der Waals surface area contributed by atoms with Gasteiger partial charge in [-0.1, -0.05) is 24.3 Å². The van der Waals surface area contributed by atoms with Crippen LogP contribution in [0.25, 0.3) is 0 Å². The van der Waals surface area contributed by atoms with Crippen LogP contribution in [0.2, 0.25) is 0 Å². The first-order chi connectivity index (χ1) is 8.46. The quantitative estimate of drug-likeness (QED) is 0.821. The molecule has 0 N–H and O–H groups in total. The predicted octanol–water partition coefficient (Wildman–Crippen LogP) is 1.01. The molecule has 0 saturated carbocycles. The van der Waals surface area contributed by atoms with Crippen LogP contribution in [0, 0.1) is 0 Å². The van der Waals surface area contributed by atoms with Gasteiger partial charge >= 0.3 is 0 Å². The van der Waals surface area contributed by atoms with Gasteiger partial charge in [0, 0.05) is 25.8 Å². The van der Waals surface area contributed by atoms with E-state index in [1.165, 1.54) is 11.8 Å². The summed E-state index contributed by atoms with van der Waals surface area (Å²) in [4.78, 5) is 13.6. The number of amides is 1.